The van der Waals surface area contributed by atoms with Gasteiger partial charge in [-0.05, 0) is 80.5 Å². The third kappa shape index (κ3) is 6.73. The molecule has 10 heteroatoms. The van der Waals surface area contributed by atoms with Crippen molar-refractivity contribution in [1.82, 2.24) is 10.0 Å². The molecule has 2 aromatic rings. The van der Waals surface area contributed by atoms with E-state index in [1.807, 2.05) is 6.92 Å². The van der Waals surface area contributed by atoms with Crippen LogP contribution >= 0.6 is 12.2 Å². The molecule has 0 saturated carbocycles. The Labute approximate surface area is 187 Å². The van der Waals surface area contributed by atoms with E-state index in [0.29, 0.717) is 30.2 Å². The molecule has 3 rings (SSSR count). The number of carbonyl (C=O) groups excluding carboxylic acids is 1. The molecule has 31 heavy (non-hydrogen) atoms. The summed E-state index contributed by atoms with van der Waals surface area (Å²) in [5.74, 6) is 0.318. The number of ether oxygens (including phenoxy) is 2. The summed E-state index contributed by atoms with van der Waals surface area (Å²) in [7, 11) is -3.63. The molecule has 2 aromatic carbocycles. The van der Waals surface area contributed by atoms with E-state index in [4.69, 9.17) is 21.7 Å². The van der Waals surface area contributed by atoms with E-state index in [-0.39, 0.29) is 28.6 Å². The fourth-order valence-corrected chi connectivity index (χ4v) is 4.29. The Balaban J connectivity index is 1.52. The largest absolute Gasteiger partial charge is 0.494 e. The molecule has 8 nitrogen and oxygen atoms in total. The molecule has 0 bridgehead atoms. The quantitative estimate of drug-likeness (QED) is 0.517. The van der Waals surface area contributed by atoms with Crippen LogP contribution in [0.25, 0.3) is 0 Å². The Morgan fingerprint density at radius 2 is 1.87 bits per heavy atom. The molecule has 1 unspecified atom stereocenters. The van der Waals surface area contributed by atoms with Crippen molar-refractivity contribution in [3.8, 4) is 5.75 Å². The van der Waals surface area contributed by atoms with E-state index in [0.717, 1.165) is 12.8 Å². The average Bonchev–Trinajstić information content (AvgIpc) is 3.27. The van der Waals surface area contributed by atoms with E-state index < -0.39 is 10.0 Å². The van der Waals surface area contributed by atoms with Crippen LogP contribution in [-0.4, -0.2) is 45.3 Å². The lowest BCUT2D eigenvalue weighted by Gasteiger charge is -2.13. The average molecular weight is 464 g/mol. The van der Waals surface area contributed by atoms with Crippen LogP contribution < -0.4 is 20.1 Å². The van der Waals surface area contributed by atoms with Gasteiger partial charge in [0.05, 0.1) is 17.6 Å². The maximum atomic E-state index is 12.4. The summed E-state index contributed by atoms with van der Waals surface area (Å²) in [6, 6.07) is 12.8. The molecule has 0 aliphatic carbocycles. The molecule has 0 radical (unpaired) electrons. The summed E-state index contributed by atoms with van der Waals surface area (Å²) in [4.78, 5) is 12.4. The van der Waals surface area contributed by atoms with Crippen LogP contribution in [0, 0.1) is 0 Å². The molecule has 1 heterocycles. The van der Waals surface area contributed by atoms with Gasteiger partial charge in [-0.3, -0.25) is 10.1 Å². The number of carbonyl (C=O) groups is 1. The molecule has 3 N–H and O–H groups in total. The zero-order chi connectivity index (χ0) is 22.3. The first-order chi connectivity index (χ1) is 14.9. The second kappa shape index (κ2) is 10.7. The van der Waals surface area contributed by atoms with Gasteiger partial charge in [0.25, 0.3) is 5.91 Å². The minimum absolute atomic E-state index is 0.0768. The Morgan fingerprint density at radius 3 is 2.48 bits per heavy atom. The monoisotopic (exact) mass is 463 g/mol. The minimum Gasteiger partial charge on any atom is -0.494 e. The van der Waals surface area contributed by atoms with Crippen LogP contribution in [0.3, 0.4) is 0 Å². The van der Waals surface area contributed by atoms with Gasteiger partial charge < -0.3 is 14.8 Å². The molecule has 1 atom stereocenters. The summed E-state index contributed by atoms with van der Waals surface area (Å²) in [5, 5.41) is 5.56. The Hall–Kier alpha value is -2.53. The van der Waals surface area contributed by atoms with Crippen molar-refractivity contribution in [1.29, 1.82) is 0 Å². The summed E-state index contributed by atoms with van der Waals surface area (Å²) >= 11 is 5.18. The zero-order valence-corrected chi connectivity index (χ0v) is 18.7. The van der Waals surface area contributed by atoms with Crippen molar-refractivity contribution in [2.45, 2.75) is 30.8 Å². The smallest absolute Gasteiger partial charge is 0.257 e. The maximum Gasteiger partial charge on any atom is 0.257 e. The fourth-order valence-electron chi connectivity index (χ4n) is 3.02. The lowest BCUT2D eigenvalue weighted by Crippen LogP contribution is -2.34. The van der Waals surface area contributed by atoms with E-state index in [1.54, 1.807) is 36.4 Å². The standard InChI is InChI=1S/C21H25N3O5S2/c1-2-28-17-9-5-15(6-10-17)20(25)24-21(30)23-16-7-11-19(12-8-16)31(26,27)22-14-18-4-3-13-29-18/h5-12,18,22H,2-4,13-14H2,1H3,(H2,23,24,25,30). The van der Waals surface area contributed by atoms with Gasteiger partial charge >= 0.3 is 0 Å². The van der Waals surface area contributed by atoms with Crippen molar-refractivity contribution in [2.24, 2.45) is 0 Å². The third-order valence-corrected chi connectivity index (χ3v) is 6.25. The highest BCUT2D eigenvalue weighted by Gasteiger charge is 2.20. The number of thiocarbonyl (C=S) groups is 1. The Kier molecular flexibility index (Phi) is 7.97. The second-order valence-corrected chi connectivity index (χ2v) is 9.05. The number of nitrogens with one attached hydrogen (secondary N) is 3. The number of hydrogen-bond acceptors (Lipinski definition) is 6. The predicted molar refractivity (Wildman–Crippen MR) is 122 cm³/mol. The van der Waals surface area contributed by atoms with Gasteiger partial charge in [-0.1, -0.05) is 0 Å². The fraction of sp³-hybridized carbons (Fsp3) is 0.333. The van der Waals surface area contributed by atoms with Crippen LogP contribution in [0.2, 0.25) is 0 Å². The highest BCUT2D eigenvalue weighted by molar-refractivity contribution is 7.89. The Bertz CT molecular complexity index is 1000. The SMILES string of the molecule is CCOc1ccc(C(=O)NC(=S)Nc2ccc(S(=O)(=O)NCC3CCCO3)cc2)cc1. The van der Waals surface area contributed by atoms with Crippen LogP contribution in [-0.2, 0) is 14.8 Å². The lowest BCUT2D eigenvalue weighted by atomic mass is 10.2. The molecular formula is C21H25N3O5S2. The first-order valence-corrected chi connectivity index (χ1v) is 11.8. The molecule has 1 saturated heterocycles. The van der Waals surface area contributed by atoms with Crippen molar-refractivity contribution in [3.05, 3.63) is 54.1 Å². The highest BCUT2D eigenvalue weighted by atomic mass is 32.2. The van der Waals surface area contributed by atoms with Crippen LogP contribution in [0.15, 0.2) is 53.4 Å². The summed E-state index contributed by atoms with van der Waals surface area (Å²) in [6.07, 6.45) is 1.72. The molecule has 1 aliphatic rings. The van der Waals surface area contributed by atoms with Crippen LogP contribution in [0.5, 0.6) is 5.75 Å². The highest BCUT2D eigenvalue weighted by Crippen LogP contribution is 2.16. The first-order valence-electron chi connectivity index (χ1n) is 9.94. The zero-order valence-electron chi connectivity index (χ0n) is 17.1. The number of amides is 1. The van der Waals surface area contributed by atoms with E-state index in [1.165, 1.54) is 12.1 Å². The van der Waals surface area contributed by atoms with E-state index in [2.05, 4.69) is 15.4 Å². The number of sulfonamides is 1. The Morgan fingerprint density at radius 1 is 1.16 bits per heavy atom. The third-order valence-electron chi connectivity index (χ3n) is 4.60. The molecule has 1 fully saturated rings. The molecule has 0 aromatic heterocycles. The van der Waals surface area contributed by atoms with Crippen LogP contribution in [0.4, 0.5) is 5.69 Å². The minimum atomic E-state index is -3.63. The van der Waals surface area contributed by atoms with Gasteiger partial charge in [0, 0.05) is 24.4 Å². The molecule has 1 aliphatic heterocycles. The summed E-state index contributed by atoms with van der Waals surface area (Å²) < 4.78 is 38.2. The van der Waals surface area contributed by atoms with Gasteiger partial charge in [-0.25, -0.2) is 13.1 Å². The molecule has 166 valence electrons. The van der Waals surface area contributed by atoms with Gasteiger partial charge in [0.15, 0.2) is 5.11 Å². The van der Waals surface area contributed by atoms with E-state index >= 15 is 0 Å². The topological polar surface area (TPSA) is 106 Å². The van der Waals surface area contributed by atoms with Crippen LogP contribution in [0.1, 0.15) is 30.1 Å². The first kappa shape index (κ1) is 23.1. The number of benzene rings is 2. The van der Waals surface area contributed by atoms with Gasteiger partial charge in [-0.2, -0.15) is 0 Å². The van der Waals surface area contributed by atoms with Gasteiger partial charge in [-0.15, -0.1) is 0 Å². The van der Waals surface area contributed by atoms with Crippen molar-refractivity contribution < 1.29 is 22.7 Å². The normalized spacial score (nSPS) is 16.0. The van der Waals surface area contributed by atoms with Gasteiger partial charge in [0.1, 0.15) is 5.75 Å². The molecule has 1 amide bonds. The summed E-state index contributed by atoms with van der Waals surface area (Å²) in [5.41, 5.74) is 0.987. The second-order valence-electron chi connectivity index (χ2n) is 6.88. The summed E-state index contributed by atoms with van der Waals surface area (Å²) in [6.45, 7) is 3.35. The lowest BCUT2D eigenvalue weighted by molar-refractivity contribution is 0.0977. The van der Waals surface area contributed by atoms with Crippen molar-refractivity contribution >= 4 is 38.9 Å². The predicted octanol–water partition coefficient (Wildman–Crippen LogP) is 2.67. The van der Waals surface area contributed by atoms with Crippen molar-refractivity contribution in [2.75, 3.05) is 25.1 Å². The van der Waals surface area contributed by atoms with Crippen molar-refractivity contribution in [3.63, 3.8) is 0 Å². The molecule has 0 spiro atoms. The molecular weight excluding hydrogens is 438 g/mol. The van der Waals surface area contributed by atoms with E-state index in [9.17, 15) is 13.2 Å². The maximum absolute atomic E-state index is 12.4. The number of anilines is 1. The number of hydrogen-bond donors (Lipinski definition) is 3. The van der Waals surface area contributed by atoms with Gasteiger partial charge in [0.2, 0.25) is 10.0 Å². The number of rotatable bonds is 8.